The van der Waals surface area contributed by atoms with Crippen molar-refractivity contribution in [3.8, 4) is 0 Å². The van der Waals surface area contributed by atoms with Crippen LogP contribution in [0.5, 0.6) is 0 Å². The Labute approximate surface area is 67.8 Å². The highest BCUT2D eigenvalue weighted by atomic mass is 15.4. The quantitative estimate of drug-likeness (QED) is 0.372. The molecule has 11 heavy (non-hydrogen) atoms. The third-order valence-corrected chi connectivity index (χ3v) is 1.38. The van der Waals surface area contributed by atoms with E-state index in [1.807, 2.05) is 0 Å². The van der Waals surface area contributed by atoms with Crippen molar-refractivity contribution in [1.29, 1.82) is 0 Å². The van der Waals surface area contributed by atoms with Crippen LogP contribution in [0.2, 0.25) is 0 Å². The lowest BCUT2D eigenvalue weighted by Gasteiger charge is -2.07. The number of aliphatic imine (C=N–C) groups is 1. The van der Waals surface area contributed by atoms with Gasteiger partial charge in [0.25, 0.3) is 0 Å². The van der Waals surface area contributed by atoms with Crippen molar-refractivity contribution in [3.05, 3.63) is 0 Å². The van der Waals surface area contributed by atoms with Crippen molar-refractivity contribution in [2.24, 2.45) is 21.2 Å². The van der Waals surface area contributed by atoms with E-state index in [0.717, 1.165) is 5.71 Å². The number of rotatable bonds is 4. The van der Waals surface area contributed by atoms with E-state index >= 15 is 0 Å². The van der Waals surface area contributed by atoms with Gasteiger partial charge >= 0.3 is 0 Å². The SMILES string of the molecule is CN=NNCC(=NC)C(C)C. The van der Waals surface area contributed by atoms with Gasteiger partial charge in [-0.05, 0) is 5.92 Å². The molecule has 0 spiro atoms. The van der Waals surface area contributed by atoms with Gasteiger partial charge in [0.15, 0.2) is 0 Å². The van der Waals surface area contributed by atoms with Crippen LogP contribution in [-0.2, 0) is 0 Å². The van der Waals surface area contributed by atoms with Crippen LogP contribution in [0.15, 0.2) is 15.3 Å². The predicted molar refractivity (Wildman–Crippen MR) is 47.0 cm³/mol. The maximum Gasteiger partial charge on any atom is 0.0727 e. The second-order valence-corrected chi connectivity index (χ2v) is 2.50. The van der Waals surface area contributed by atoms with E-state index < -0.39 is 0 Å². The normalized spacial score (nSPS) is 13.0. The molecule has 0 bridgehead atoms. The van der Waals surface area contributed by atoms with E-state index in [0.29, 0.717) is 12.5 Å². The van der Waals surface area contributed by atoms with Crippen molar-refractivity contribution in [2.45, 2.75) is 13.8 Å². The fourth-order valence-corrected chi connectivity index (χ4v) is 0.728. The summed E-state index contributed by atoms with van der Waals surface area (Å²) in [5.74, 6) is 0.472. The minimum absolute atomic E-state index is 0.472. The van der Waals surface area contributed by atoms with E-state index in [1.165, 1.54) is 0 Å². The molecule has 0 unspecified atom stereocenters. The molecule has 0 aromatic carbocycles. The monoisotopic (exact) mass is 156 g/mol. The summed E-state index contributed by atoms with van der Waals surface area (Å²) in [7, 11) is 3.42. The van der Waals surface area contributed by atoms with Crippen LogP contribution >= 0.6 is 0 Å². The zero-order chi connectivity index (χ0) is 8.69. The van der Waals surface area contributed by atoms with Crippen molar-refractivity contribution in [2.75, 3.05) is 20.6 Å². The van der Waals surface area contributed by atoms with Crippen molar-refractivity contribution in [1.82, 2.24) is 5.43 Å². The van der Waals surface area contributed by atoms with E-state index in [-0.39, 0.29) is 0 Å². The Morgan fingerprint density at radius 3 is 2.36 bits per heavy atom. The van der Waals surface area contributed by atoms with Gasteiger partial charge in [0.1, 0.15) is 0 Å². The third-order valence-electron chi connectivity index (χ3n) is 1.38. The molecular weight excluding hydrogens is 140 g/mol. The number of nitrogens with zero attached hydrogens (tertiary/aromatic N) is 3. The van der Waals surface area contributed by atoms with Crippen molar-refractivity contribution in [3.63, 3.8) is 0 Å². The molecule has 0 saturated carbocycles. The number of hydrogen-bond donors (Lipinski definition) is 1. The van der Waals surface area contributed by atoms with Crippen LogP contribution in [0.25, 0.3) is 0 Å². The summed E-state index contributed by atoms with van der Waals surface area (Å²) < 4.78 is 0. The molecule has 4 nitrogen and oxygen atoms in total. The van der Waals surface area contributed by atoms with E-state index in [2.05, 4.69) is 34.6 Å². The lowest BCUT2D eigenvalue weighted by molar-refractivity contribution is 0.737. The molecule has 0 atom stereocenters. The van der Waals surface area contributed by atoms with Gasteiger partial charge in [0.05, 0.1) is 13.6 Å². The summed E-state index contributed by atoms with van der Waals surface area (Å²) in [5.41, 5.74) is 3.90. The average Bonchev–Trinajstić information content (AvgIpc) is 1.97. The molecule has 0 aliphatic heterocycles. The summed E-state index contributed by atoms with van der Waals surface area (Å²) >= 11 is 0. The second-order valence-electron chi connectivity index (χ2n) is 2.50. The molecule has 0 fully saturated rings. The molecule has 0 heterocycles. The molecular formula is C7H16N4. The summed E-state index contributed by atoms with van der Waals surface area (Å²) in [6.45, 7) is 4.89. The van der Waals surface area contributed by atoms with E-state index in [1.54, 1.807) is 14.1 Å². The molecule has 0 radical (unpaired) electrons. The van der Waals surface area contributed by atoms with Gasteiger partial charge in [-0.15, -0.1) is 0 Å². The molecule has 0 amide bonds. The predicted octanol–water partition coefficient (Wildman–Crippen LogP) is 1.30. The fraction of sp³-hybridized carbons (Fsp3) is 0.857. The molecule has 0 aromatic heterocycles. The minimum atomic E-state index is 0.472. The summed E-state index contributed by atoms with van der Waals surface area (Å²) in [6.07, 6.45) is 0. The smallest absolute Gasteiger partial charge is 0.0727 e. The van der Waals surface area contributed by atoms with Gasteiger partial charge in [-0.3, -0.25) is 10.4 Å². The average molecular weight is 156 g/mol. The molecule has 0 aliphatic rings. The van der Waals surface area contributed by atoms with Crippen LogP contribution in [0.1, 0.15) is 13.8 Å². The van der Waals surface area contributed by atoms with Gasteiger partial charge in [-0.25, -0.2) is 0 Å². The zero-order valence-corrected chi connectivity index (χ0v) is 7.63. The van der Waals surface area contributed by atoms with Gasteiger partial charge in [0, 0.05) is 12.8 Å². The summed E-state index contributed by atoms with van der Waals surface area (Å²) in [5, 5.41) is 7.20. The lowest BCUT2D eigenvalue weighted by Crippen LogP contribution is -2.22. The standard InChI is InChI=1S/C7H16N4/c1-6(2)7(8-3)5-10-11-9-4/h6H,5H2,1-4H3,(H,9,10). The lowest BCUT2D eigenvalue weighted by atomic mass is 10.1. The molecule has 1 N–H and O–H groups in total. The first-order valence-corrected chi connectivity index (χ1v) is 3.69. The number of hydrogen-bond acceptors (Lipinski definition) is 3. The molecule has 0 aromatic rings. The topological polar surface area (TPSA) is 49.1 Å². The first-order valence-electron chi connectivity index (χ1n) is 3.69. The van der Waals surface area contributed by atoms with E-state index in [9.17, 15) is 0 Å². The maximum atomic E-state index is 4.11. The van der Waals surface area contributed by atoms with Gasteiger partial charge in [-0.1, -0.05) is 19.1 Å². The first kappa shape index (κ1) is 10.1. The molecule has 0 aliphatic carbocycles. The van der Waals surface area contributed by atoms with Crippen LogP contribution in [0.3, 0.4) is 0 Å². The maximum absolute atomic E-state index is 4.11. The second kappa shape index (κ2) is 5.82. The van der Waals surface area contributed by atoms with Gasteiger partial charge in [-0.2, -0.15) is 5.11 Å². The number of nitrogens with one attached hydrogen (secondary N) is 1. The van der Waals surface area contributed by atoms with Crippen LogP contribution in [0, 0.1) is 5.92 Å². The van der Waals surface area contributed by atoms with Crippen LogP contribution < -0.4 is 5.43 Å². The summed E-state index contributed by atoms with van der Waals surface area (Å²) in [6, 6.07) is 0. The van der Waals surface area contributed by atoms with Gasteiger partial charge < -0.3 is 0 Å². The molecule has 0 saturated heterocycles. The third kappa shape index (κ3) is 4.47. The molecule has 0 rings (SSSR count). The van der Waals surface area contributed by atoms with Gasteiger partial charge in [0.2, 0.25) is 0 Å². The Morgan fingerprint density at radius 1 is 1.36 bits per heavy atom. The largest absolute Gasteiger partial charge is 0.295 e. The fourth-order valence-electron chi connectivity index (χ4n) is 0.728. The Bertz CT molecular complexity index is 149. The highest BCUT2D eigenvalue weighted by molar-refractivity contribution is 5.87. The Morgan fingerprint density at radius 2 is 2.00 bits per heavy atom. The Kier molecular flexibility index (Phi) is 5.33. The Balaban J connectivity index is 3.72. The summed E-state index contributed by atoms with van der Waals surface area (Å²) in [4.78, 5) is 4.11. The van der Waals surface area contributed by atoms with Crippen LogP contribution in [0.4, 0.5) is 0 Å². The minimum Gasteiger partial charge on any atom is -0.295 e. The highest BCUT2D eigenvalue weighted by Crippen LogP contribution is 1.94. The van der Waals surface area contributed by atoms with Crippen molar-refractivity contribution >= 4 is 5.71 Å². The highest BCUT2D eigenvalue weighted by Gasteiger charge is 2.01. The first-order chi connectivity index (χ1) is 5.22. The Hall–Kier alpha value is -0.930. The molecule has 4 heteroatoms. The van der Waals surface area contributed by atoms with E-state index in [4.69, 9.17) is 0 Å². The molecule has 64 valence electrons. The van der Waals surface area contributed by atoms with Crippen LogP contribution in [-0.4, -0.2) is 26.4 Å². The zero-order valence-electron chi connectivity index (χ0n) is 7.63. The van der Waals surface area contributed by atoms with Crippen molar-refractivity contribution < 1.29 is 0 Å².